The van der Waals surface area contributed by atoms with Gasteiger partial charge < -0.3 is 4.74 Å². The summed E-state index contributed by atoms with van der Waals surface area (Å²) < 4.78 is 5.63. The van der Waals surface area contributed by atoms with Crippen LogP contribution in [0, 0.1) is 6.92 Å². The second-order valence-electron chi connectivity index (χ2n) is 3.72. The van der Waals surface area contributed by atoms with E-state index in [1.165, 1.54) is 5.56 Å². The van der Waals surface area contributed by atoms with Crippen molar-refractivity contribution in [3.8, 4) is 5.75 Å². The summed E-state index contributed by atoms with van der Waals surface area (Å²) in [5, 5.41) is 0. The molecular weight excluding hydrogens is 198 g/mol. The van der Waals surface area contributed by atoms with Crippen molar-refractivity contribution in [2.24, 2.45) is 0 Å². The van der Waals surface area contributed by atoms with Gasteiger partial charge in [0.25, 0.3) is 0 Å². The molecule has 0 unspecified atom stereocenters. The van der Waals surface area contributed by atoms with Gasteiger partial charge in [0.1, 0.15) is 5.75 Å². The summed E-state index contributed by atoms with van der Waals surface area (Å²) in [5.41, 5.74) is 2.32. The van der Waals surface area contributed by atoms with Crippen LogP contribution in [0.4, 0.5) is 0 Å². The van der Waals surface area contributed by atoms with Crippen LogP contribution in [0.3, 0.4) is 0 Å². The Bertz CT molecular complexity index is 439. The number of para-hydroxylation sites is 1. The Morgan fingerprint density at radius 1 is 1.12 bits per heavy atom. The Kier molecular flexibility index (Phi) is 3.54. The second kappa shape index (κ2) is 5.31. The van der Waals surface area contributed by atoms with Gasteiger partial charge in [0.15, 0.2) is 0 Å². The summed E-state index contributed by atoms with van der Waals surface area (Å²) in [5.74, 6) is 0.924. The molecule has 0 spiro atoms. The molecule has 2 heteroatoms. The van der Waals surface area contributed by atoms with Crippen molar-refractivity contribution in [1.82, 2.24) is 4.98 Å². The molecular formula is C14H15NO. The molecule has 1 heterocycles. The van der Waals surface area contributed by atoms with Crippen molar-refractivity contribution in [1.29, 1.82) is 0 Å². The molecule has 0 aliphatic heterocycles. The second-order valence-corrected chi connectivity index (χ2v) is 3.72. The molecule has 16 heavy (non-hydrogen) atoms. The monoisotopic (exact) mass is 213 g/mol. The summed E-state index contributed by atoms with van der Waals surface area (Å²) in [6, 6.07) is 14.0. The van der Waals surface area contributed by atoms with Crippen LogP contribution in [0.25, 0.3) is 0 Å². The third kappa shape index (κ3) is 3.09. The van der Waals surface area contributed by atoms with Gasteiger partial charge in [0, 0.05) is 18.3 Å². The lowest BCUT2D eigenvalue weighted by Gasteiger charge is -2.06. The first kappa shape index (κ1) is 10.7. The predicted octanol–water partition coefficient (Wildman–Crippen LogP) is 3.01. The highest BCUT2D eigenvalue weighted by Crippen LogP contribution is 2.09. The highest BCUT2D eigenvalue weighted by Gasteiger charge is 1.95. The number of nitrogens with zero attached hydrogens (tertiary/aromatic N) is 1. The Hall–Kier alpha value is -1.83. The fraction of sp³-hybridized carbons (Fsp3) is 0.214. The molecule has 0 bridgehead atoms. The van der Waals surface area contributed by atoms with E-state index in [9.17, 15) is 0 Å². The zero-order valence-corrected chi connectivity index (χ0v) is 9.39. The van der Waals surface area contributed by atoms with E-state index in [1.54, 1.807) is 0 Å². The standard InChI is InChI=1S/C14H15NO/c1-12-11-13(7-9-15-12)8-10-16-14-5-3-2-4-6-14/h2-7,9,11H,8,10H2,1H3. The van der Waals surface area contributed by atoms with Crippen molar-refractivity contribution < 1.29 is 4.74 Å². The van der Waals surface area contributed by atoms with Crippen molar-refractivity contribution in [2.75, 3.05) is 6.61 Å². The average molecular weight is 213 g/mol. The van der Waals surface area contributed by atoms with E-state index in [4.69, 9.17) is 4.74 Å². The van der Waals surface area contributed by atoms with Gasteiger partial charge in [-0.3, -0.25) is 4.98 Å². The number of benzene rings is 1. The molecule has 0 aliphatic rings. The first-order chi connectivity index (χ1) is 7.84. The number of aryl methyl sites for hydroxylation is 1. The van der Waals surface area contributed by atoms with Gasteiger partial charge in [0.2, 0.25) is 0 Å². The topological polar surface area (TPSA) is 22.1 Å². The first-order valence-corrected chi connectivity index (χ1v) is 5.44. The van der Waals surface area contributed by atoms with Crippen LogP contribution in [-0.2, 0) is 6.42 Å². The lowest BCUT2D eigenvalue weighted by molar-refractivity contribution is 0.322. The number of aromatic nitrogens is 1. The van der Waals surface area contributed by atoms with Crippen LogP contribution in [0.5, 0.6) is 5.75 Å². The molecule has 82 valence electrons. The van der Waals surface area contributed by atoms with Crippen LogP contribution in [0.2, 0.25) is 0 Å². The van der Waals surface area contributed by atoms with E-state index in [0.717, 1.165) is 17.9 Å². The third-order valence-corrected chi connectivity index (χ3v) is 2.36. The van der Waals surface area contributed by atoms with Gasteiger partial charge in [-0.15, -0.1) is 0 Å². The first-order valence-electron chi connectivity index (χ1n) is 5.44. The highest BCUT2D eigenvalue weighted by atomic mass is 16.5. The van der Waals surface area contributed by atoms with Crippen molar-refractivity contribution in [3.05, 3.63) is 59.9 Å². The molecule has 0 atom stereocenters. The van der Waals surface area contributed by atoms with Gasteiger partial charge in [-0.25, -0.2) is 0 Å². The molecule has 2 nitrogen and oxygen atoms in total. The van der Waals surface area contributed by atoms with E-state index in [-0.39, 0.29) is 0 Å². The third-order valence-electron chi connectivity index (χ3n) is 2.36. The van der Waals surface area contributed by atoms with E-state index >= 15 is 0 Å². The molecule has 0 N–H and O–H groups in total. The van der Waals surface area contributed by atoms with E-state index in [0.29, 0.717) is 6.61 Å². The summed E-state index contributed by atoms with van der Waals surface area (Å²) in [7, 11) is 0. The van der Waals surface area contributed by atoms with Crippen molar-refractivity contribution in [3.63, 3.8) is 0 Å². The molecule has 2 rings (SSSR count). The average Bonchev–Trinajstić information content (AvgIpc) is 2.30. The summed E-state index contributed by atoms with van der Waals surface area (Å²) in [4.78, 5) is 4.17. The zero-order valence-electron chi connectivity index (χ0n) is 9.39. The minimum Gasteiger partial charge on any atom is -0.493 e. The molecule has 0 fully saturated rings. The summed E-state index contributed by atoms with van der Waals surface area (Å²) >= 11 is 0. The maximum atomic E-state index is 5.63. The lowest BCUT2D eigenvalue weighted by Crippen LogP contribution is -2.01. The molecule has 1 aromatic heterocycles. The Balaban J connectivity index is 1.85. The van der Waals surface area contributed by atoms with Crippen LogP contribution in [-0.4, -0.2) is 11.6 Å². The van der Waals surface area contributed by atoms with Crippen LogP contribution in [0.1, 0.15) is 11.3 Å². The highest BCUT2D eigenvalue weighted by molar-refractivity contribution is 5.21. The van der Waals surface area contributed by atoms with E-state index in [2.05, 4.69) is 11.1 Å². The molecule has 0 radical (unpaired) electrons. The summed E-state index contributed by atoms with van der Waals surface area (Å²) in [6.07, 6.45) is 2.76. The van der Waals surface area contributed by atoms with Crippen molar-refractivity contribution >= 4 is 0 Å². The smallest absolute Gasteiger partial charge is 0.119 e. The molecule has 2 aromatic rings. The quantitative estimate of drug-likeness (QED) is 0.778. The zero-order chi connectivity index (χ0) is 11.2. The maximum absolute atomic E-state index is 5.63. The Morgan fingerprint density at radius 3 is 2.69 bits per heavy atom. The van der Waals surface area contributed by atoms with Crippen LogP contribution < -0.4 is 4.74 Å². The van der Waals surface area contributed by atoms with Gasteiger partial charge in [-0.2, -0.15) is 0 Å². The number of rotatable bonds is 4. The normalized spacial score (nSPS) is 10.1. The van der Waals surface area contributed by atoms with Gasteiger partial charge in [-0.1, -0.05) is 18.2 Å². The van der Waals surface area contributed by atoms with Gasteiger partial charge in [-0.05, 0) is 36.8 Å². The van der Waals surface area contributed by atoms with E-state index in [1.807, 2.05) is 49.5 Å². The number of ether oxygens (including phenoxy) is 1. The number of pyridine rings is 1. The fourth-order valence-corrected chi connectivity index (χ4v) is 1.56. The largest absolute Gasteiger partial charge is 0.493 e. The van der Waals surface area contributed by atoms with Gasteiger partial charge >= 0.3 is 0 Å². The number of hydrogen-bond donors (Lipinski definition) is 0. The van der Waals surface area contributed by atoms with Crippen LogP contribution in [0.15, 0.2) is 48.7 Å². The fourth-order valence-electron chi connectivity index (χ4n) is 1.56. The van der Waals surface area contributed by atoms with Gasteiger partial charge in [0.05, 0.1) is 6.61 Å². The molecule has 1 aromatic carbocycles. The maximum Gasteiger partial charge on any atom is 0.119 e. The minimum absolute atomic E-state index is 0.702. The molecule has 0 aliphatic carbocycles. The number of hydrogen-bond acceptors (Lipinski definition) is 2. The predicted molar refractivity (Wildman–Crippen MR) is 64.6 cm³/mol. The SMILES string of the molecule is Cc1cc(CCOc2ccccc2)ccn1. The molecule has 0 saturated carbocycles. The minimum atomic E-state index is 0.702. The molecule has 0 saturated heterocycles. The van der Waals surface area contributed by atoms with Crippen molar-refractivity contribution in [2.45, 2.75) is 13.3 Å². The molecule has 0 amide bonds. The van der Waals surface area contributed by atoms with E-state index < -0.39 is 0 Å². The van der Waals surface area contributed by atoms with Crippen LogP contribution >= 0.6 is 0 Å². The Morgan fingerprint density at radius 2 is 1.94 bits per heavy atom. The summed E-state index contributed by atoms with van der Waals surface area (Å²) in [6.45, 7) is 2.70. The lowest BCUT2D eigenvalue weighted by atomic mass is 10.2. The Labute approximate surface area is 95.9 Å².